The molecule has 1 heterocycles. The second-order valence-electron chi connectivity index (χ2n) is 7.59. The highest BCUT2D eigenvalue weighted by Gasteiger charge is 2.47. The number of hydrogen-bond donors (Lipinski definition) is 2. The van der Waals surface area contributed by atoms with Crippen LogP contribution in [0.2, 0.25) is 0 Å². The molecule has 1 saturated carbocycles. The molecule has 0 saturated heterocycles. The van der Waals surface area contributed by atoms with Crippen molar-refractivity contribution >= 4 is 5.97 Å². The molecule has 4 rings (SSSR count). The lowest BCUT2D eigenvalue weighted by Crippen LogP contribution is -2.38. The average molecular weight is 351 g/mol. The van der Waals surface area contributed by atoms with Gasteiger partial charge in [0.15, 0.2) is 0 Å². The molecular weight excluding hydrogens is 326 g/mol. The number of aliphatic carboxylic acids is 1. The third-order valence-electron chi connectivity index (χ3n) is 6.21. The summed E-state index contributed by atoms with van der Waals surface area (Å²) in [5.41, 5.74) is 1.60. The zero-order chi connectivity index (χ0) is 18.3. The molecule has 1 unspecified atom stereocenters. The number of rotatable bonds is 3. The first-order valence-corrected chi connectivity index (χ1v) is 9.37. The number of fused-ring (bicyclic) bond motifs is 2. The fourth-order valence-corrected chi connectivity index (χ4v) is 4.65. The van der Waals surface area contributed by atoms with E-state index in [2.05, 4.69) is 11.4 Å². The number of carboxylic acid groups (broad SMARTS) is 1. The van der Waals surface area contributed by atoms with Gasteiger partial charge in [0.2, 0.25) is 0 Å². The normalized spacial score (nSPS) is 27.2. The highest BCUT2D eigenvalue weighted by Crippen LogP contribution is 2.52. The largest absolute Gasteiger partial charge is 0.480 e. The van der Waals surface area contributed by atoms with Crippen LogP contribution < -0.4 is 10.1 Å². The lowest BCUT2D eigenvalue weighted by Gasteiger charge is -2.38. The van der Waals surface area contributed by atoms with Gasteiger partial charge in [-0.05, 0) is 63.3 Å². The van der Waals surface area contributed by atoms with Crippen molar-refractivity contribution in [3.8, 4) is 11.5 Å². The first-order chi connectivity index (χ1) is 12.6. The van der Waals surface area contributed by atoms with Crippen molar-refractivity contribution in [2.75, 3.05) is 7.05 Å². The third kappa shape index (κ3) is 2.52. The lowest BCUT2D eigenvalue weighted by atomic mass is 9.68. The van der Waals surface area contributed by atoms with Crippen molar-refractivity contribution in [2.45, 2.75) is 50.0 Å². The summed E-state index contributed by atoms with van der Waals surface area (Å²) < 4.78 is 6.12. The fourth-order valence-electron chi connectivity index (χ4n) is 4.65. The molecule has 136 valence electrons. The number of nitrogens with one attached hydrogen (secondary N) is 1. The molecule has 1 aliphatic heterocycles. The van der Waals surface area contributed by atoms with Crippen molar-refractivity contribution < 1.29 is 14.6 Å². The van der Waals surface area contributed by atoms with Crippen LogP contribution >= 0.6 is 0 Å². The summed E-state index contributed by atoms with van der Waals surface area (Å²) in [6.07, 6.45) is 4.37. The summed E-state index contributed by atoms with van der Waals surface area (Å²) in [6, 6.07) is 14.1. The maximum Gasteiger partial charge on any atom is 0.318 e. The SMILES string of the molecule is CNC1CCC(c2cccc3c2C(C)(C(=O)O)c2ccccc2O3)CC1. The summed E-state index contributed by atoms with van der Waals surface area (Å²) in [4.78, 5) is 12.5. The molecule has 0 bridgehead atoms. The predicted octanol–water partition coefficient (Wildman–Crippen LogP) is 4.43. The second kappa shape index (κ2) is 6.44. The summed E-state index contributed by atoms with van der Waals surface area (Å²) in [6.45, 7) is 1.82. The Morgan fingerprint density at radius 1 is 1.08 bits per heavy atom. The van der Waals surface area contributed by atoms with Crippen molar-refractivity contribution in [3.63, 3.8) is 0 Å². The Bertz CT molecular complexity index is 839. The summed E-state index contributed by atoms with van der Waals surface area (Å²) >= 11 is 0. The van der Waals surface area contributed by atoms with E-state index in [-0.39, 0.29) is 0 Å². The minimum absolute atomic E-state index is 0.377. The molecule has 1 atom stereocenters. The highest BCUT2D eigenvalue weighted by atomic mass is 16.5. The Hall–Kier alpha value is -2.33. The van der Waals surface area contributed by atoms with Gasteiger partial charge in [-0.3, -0.25) is 4.79 Å². The molecule has 4 heteroatoms. The van der Waals surface area contributed by atoms with E-state index in [4.69, 9.17) is 4.74 Å². The third-order valence-corrected chi connectivity index (χ3v) is 6.21. The van der Waals surface area contributed by atoms with Crippen LogP contribution in [-0.4, -0.2) is 24.2 Å². The van der Waals surface area contributed by atoms with Crippen LogP contribution in [0.15, 0.2) is 42.5 Å². The molecule has 0 amide bonds. The van der Waals surface area contributed by atoms with E-state index in [0.717, 1.165) is 42.4 Å². The van der Waals surface area contributed by atoms with Crippen LogP contribution in [0.1, 0.15) is 55.2 Å². The van der Waals surface area contributed by atoms with Crippen LogP contribution in [0, 0.1) is 0 Å². The smallest absolute Gasteiger partial charge is 0.318 e. The maximum atomic E-state index is 12.5. The molecule has 0 aromatic heterocycles. The molecule has 2 N–H and O–H groups in total. The van der Waals surface area contributed by atoms with Crippen molar-refractivity contribution in [1.29, 1.82) is 0 Å². The zero-order valence-electron chi connectivity index (χ0n) is 15.3. The maximum absolute atomic E-state index is 12.5. The minimum Gasteiger partial charge on any atom is -0.480 e. The lowest BCUT2D eigenvalue weighted by molar-refractivity contribution is -0.141. The quantitative estimate of drug-likeness (QED) is 0.859. The van der Waals surface area contributed by atoms with Crippen LogP contribution in [0.5, 0.6) is 11.5 Å². The van der Waals surface area contributed by atoms with E-state index in [1.807, 2.05) is 50.4 Å². The van der Waals surface area contributed by atoms with Crippen molar-refractivity contribution in [1.82, 2.24) is 5.32 Å². The van der Waals surface area contributed by atoms with Gasteiger partial charge in [-0.1, -0.05) is 30.3 Å². The Labute approximate surface area is 154 Å². The molecule has 0 radical (unpaired) electrons. The minimum atomic E-state index is -1.10. The zero-order valence-corrected chi connectivity index (χ0v) is 15.3. The Morgan fingerprint density at radius 3 is 2.46 bits per heavy atom. The van der Waals surface area contributed by atoms with Gasteiger partial charge < -0.3 is 15.2 Å². The van der Waals surface area contributed by atoms with Gasteiger partial charge in [-0.25, -0.2) is 0 Å². The van der Waals surface area contributed by atoms with Gasteiger partial charge >= 0.3 is 5.97 Å². The molecule has 2 aromatic carbocycles. The van der Waals surface area contributed by atoms with Crippen LogP contribution in [0.4, 0.5) is 0 Å². The van der Waals surface area contributed by atoms with E-state index < -0.39 is 11.4 Å². The molecule has 1 aliphatic carbocycles. The van der Waals surface area contributed by atoms with E-state index in [0.29, 0.717) is 23.5 Å². The number of ether oxygens (including phenoxy) is 1. The first-order valence-electron chi connectivity index (χ1n) is 9.37. The number of para-hydroxylation sites is 1. The van der Waals surface area contributed by atoms with E-state index in [1.165, 1.54) is 0 Å². The van der Waals surface area contributed by atoms with Crippen molar-refractivity contribution in [3.05, 3.63) is 59.2 Å². The van der Waals surface area contributed by atoms with E-state index in [9.17, 15) is 9.90 Å². The van der Waals surface area contributed by atoms with Crippen LogP contribution in [-0.2, 0) is 10.2 Å². The fraction of sp³-hybridized carbons (Fsp3) is 0.409. The predicted molar refractivity (Wildman–Crippen MR) is 101 cm³/mol. The molecule has 0 spiro atoms. The van der Waals surface area contributed by atoms with Gasteiger partial charge in [0.25, 0.3) is 0 Å². The highest BCUT2D eigenvalue weighted by molar-refractivity contribution is 5.89. The molecule has 2 aliphatic rings. The van der Waals surface area contributed by atoms with Crippen molar-refractivity contribution in [2.24, 2.45) is 0 Å². The summed E-state index contributed by atoms with van der Waals surface area (Å²) in [5, 5.41) is 13.6. The monoisotopic (exact) mass is 351 g/mol. The molecule has 26 heavy (non-hydrogen) atoms. The van der Waals surface area contributed by atoms with Gasteiger partial charge in [0.1, 0.15) is 16.9 Å². The van der Waals surface area contributed by atoms with E-state index in [1.54, 1.807) is 0 Å². The number of carbonyl (C=O) groups is 1. The number of hydrogen-bond acceptors (Lipinski definition) is 3. The Balaban J connectivity index is 1.84. The molecule has 2 aromatic rings. The second-order valence-corrected chi connectivity index (χ2v) is 7.59. The van der Waals surface area contributed by atoms with Gasteiger partial charge in [-0.15, -0.1) is 0 Å². The summed E-state index contributed by atoms with van der Waals surface area (Å²) in [7, 11) is 2.02. The molecule has 4 nitrogen and oxygen atoms in total. The first kappa shape index (κ1) is 17.1. The number of carboxylic acids is 1. The van der Waals surface area contributed by atoms with Gasteiger partial charge in [-0.2, -0.15) is 0 Å². The average Bonchev–Trinajstić information content (AvgIpc) is 2.67. The van der Waals surface area contributed by atoms with Crippen LogP contribution in [0.25, 0.3) is 0 Å². The molecule has 1 fully saturated rings. The molecular formula is C22H25NO3. The van der Waals surface area contributed by atoms with Gasteiger partial charge in [0, 0.05) is 17.2 Å². The Kier molecular flexibility index (Phi) is 4.23. The summed E-state index contributed by atoms with van der Waals surface area (Å²) in [5.74, 6) is 0.871. The number of benzene rings is 2. The standard InChI is InChI=1S/C22H25NO3/c1-22(21(24)25)17-7-3-4-8-18(17)26-19-9-5-6-16(20(19)22)14-10-12-15(23-2)13-11-14/h3-9,14-15,23H,10-13H2,1-2H3,(H,24,25). The Morgan fingerprint density at radius 2 is 1.77 bits per heavy atom. The topological polar surface area (TPSA) is 58.6 Å². The van der Waals surface area contributed by atoms with Crippen LogP contribution in [0.3, 0.4) is 0 Å². The van der Waals surface area contributed by atoms with Gasteiger partial charge in [0.05, 0.1) is 0 Å². The van der Waals surface area contributed by atoms with E-state index >= 15 is 0 Å².